The summed E-state index contributed by atoms with van der Waals surface area (Å²) in [5, 5.41) is 0. The van der Waals surface area contributed by atoms with Crippen molar-refractivity contribution in [2.24, 2.45) is 0 Å². The lowest BCUT2D eigenvalue weighted by atomic mass is 10.2. The number of pyridine rings is 1. The molecule has 1 aromatic carbocycles. The van der Waals surface area contributed by atoms with Gasteiger partial charge in [-0.3, -0.25) is 0 Å². The summed E-state index contributed by atoms with van der Waals surface area (Å²) in [6.45, 7) is 2.14. The van der Waals surface area contributed by atoms with Gasteiger partial charge in [-0.2, -0.15) is 0 Å². The summed E-state index contributed by atoms with van der Waals surface area (Å²) < 4.78 is 6.90. The molecule has 0 N–H and O–H groups in total. The van der Waals surface area contributed by atoms with Gasteiger partial charge < -0.3 is 9.14 Å². The van der Waals surface area contributed by atoms with E-state index in [9.17, 15) is 4.79 Å². The van der Waals surface area contributed by atoms with Crippen molar-refractivity contribution in [1.29, 1.82) is 0 Å². The molecule has 0 aliphatic heterocycles. The molecule has 0 fully saturated rings. The standard InChI is InChI=1S/C16H14N2O2/c1-2-20-16(19)13-9-6-10-18-11-14(17-15(13)18)12-7-4-3-5-8-12/h3-11H,2H2,1H3. The molecule has 20 heavy (non-hydrogen) atoms. The maximum Gasteiger partial charge on any atom is 0.341 e. The number of esters is 1. The zero-order valence-electron chi connectivity index (χ0n) is 11.1. The summed E-state index contributed by atoms with van der Waals surface area (Å²) in [7, 11) is 0. The number of nitrogens with zero attached hydrogens (tertiary/aromatic N) is 2. The third-order valence-electron chi connectivity index (χ3n) is 3.05. The lowest BCUT2D eigenvalue weighted by Gasteiger charge is -2.02. The largest absolute Gasteiger partial charge is 0.462 e. The van der Waals surface area contributed by atoms with E-state index in [0.717, 1.165) is 11.3 Å². The highest BCUT2D eigenvalue weighted by atomic mass is 16.5. The lowest BCUT2D eigenvalue weighted by molar-refractivity contribution is 0.0528. The Bertz CT molecular complexity index is 748. The van der Waals surface area contributed by atoms with Gasteiger partial charge in [-0.15, -0.1) is 0 Å². The molecule has 100 valence electrons. The van der Waals surface area contributed by atoms with Crippen LogP contribution in [0.1, 0.15) is 17.3 Å². The highest BCUT2D eigenvalue weighted by Gasteiger charge is 2.14. The monoisotopic (exact) mass is 266 g/mol. The van der Waals surface area contributed by atoms with Crippen molar-refractivity contribution in [1.82, 2.24) is 9.38 Å². The van der Waals surface area contributed by atoms with Gasteiger partial charge in [0.25, 0.3) is 0 Å². The summed E-state index contributed by atoms with van der Waals surface area (Å²) in [5.74, 6) is -0.344. The maximum absolute atomic E-state index is 11.9. The van der Waals surface area contributed by atoms with Crippen molar-refractivity contribution in [3.05, 3.63) is 60.4 Å². The van der Waals surface area contributed by atoms with E-state index in [4.69, 9.17) is 4.74 Å². The van der Waals surface area contributed by atoms with Gasteiger partial charge >= 0.3 is 5.97 Å². The molecule has 0 amide bonds. The van der Waals surface area contributed by atoms with Gasteiger partial charge in [0.05, 0.1) is 12.3 Å². The van der Waals surface area contributed by atoms with Gasteiger partial charge in [0.15, 0.2) is 5.65 Å². The van der Waals surface area contributed by atoms with Crippen LogP contribution in [0.4, 0.5) is 0 Å². The number of hydrogen-bond acceptors (Lipinski definition) is 3. The van der Waals surface area contributed by atoms with E-state index in [0.29, 0.717) is 17.8 Å². The molecular weight excluding hydrogens is 252 g/mol. The van der Waals surface area contributed by atoms with Crippen LogP contribution in [0.5, 0.6) is 0 Å². The molecule has 0 spiro atoms. The number of fused-ring (bicyclic) bond motifs is 1. The van der Waals surface area contributed by atoms with Crippen LogP contribution in [0.2, 0.25) is 0 Å². The van der Waals surface area contributed by atoms with E-state index in [2.05, 4.69) is 4.98 Å². The number of ether oxygens (including phenoxy) is 1. The first-order chi connectivity index (χ1) is 9.79. The Morgan fingerprint density at radius 2 is 2.00 bits per heavy atom. The van der Waals surface area contributed by atoms with Crippen LogP contribution in [0, 0.1) is 0 Å². The molecule has 2 heterocycles. The van der Waals surface area contributed by atoms with Crippen LogP contribution >= 0.6 is 0 Å². The molecular formula is C16H14N2O2. The van der Waals surface area contributed by atoms with Gasteiger partial charge in [0.2, 0.25) is 0 Å². The minimum atomic E-state index is -0.344. The molecule has 0 saturated heterocycles. The quantitative estimate of drug-likeness (QED) is 0.684. The van der Waals surface area contributed by atoms with Gasteiger partial charge in [0, 0.05) is 18.0 Å². The third kappa shape index (κ3) is 2.16. The van der Waals surface area contributed by atoms with Crippen molar-refractivity contribution in [3.8, 4) is 11.3 Å². The third-order valence-corrected chi connectivity index (χ3v) is 3.05. The maximum atomic E-state index is 11.9. The van der Waals surface area contributed by atoms with Crippen molar-refractivity contribution < 1.29 is 9.53 Å². The number of carbonyl (C=O) groups excluding carboxylic acids is 1. The van der Waals surface area contributed by atoms with Crippen LogP contribution in [0.25, 0.3) is 16.9 Å². The molecule has 2 aromatic heterocycles. The fourth-order valence-electron chi connectivity index (χ4n) is 2.13. The molecule has 3 rings (SSSR count). The Kier molecular flexibility index (Phi) is 3.21. The van der Waals surface area contributed by atoms with Crippen molar-refractivity contribution in [3.63, 3.8) is 0 Å². The number of rotatable bonds is 3. The molecule has 4 heteroatoms. The summed E-state index contributed by atoms with van der Waals surface area (Å²) in [6.07, 6.45) is 3.78. The lowest BCUT2D eigenvalue weighted by Crippen LogP contribution is -2.06. The smallest absolute Gasteiger partial charge is 0.341 e. The second-order valence-corrected chi connectivity index (χ2v) is 4.37. The minimum absolute atomic E-state index is 0.344. The number of carbonyl (C=O) groups is 1. The van der Waals surface area contributed by atoms with Crippen molar-refractivity contribution in [2.45, 2.75) is 6.92 Å². The van der Waals surface area contributed by atoms with Crippen LogP contribution in [0.3, 0.4) is 0 Å². The van der Waals surface area contributed by atoms with E-state index < -0.39 is 0 Å². The van der Waals surface area contributed by atoms with E-state index in [-0.39, 0.29) is 5.97 Å². The Labute approximate surface area is 116 Å². The molecule has 0 unspecified atom stereocenters. The van der Waals surface area contributed by atoms with E-state index >= 15 is 0 Å². The first-order valence-corrected chi connectivity index (χ1v) is 6.50. The summed E-state index contributed by atoms with van der Waals surface area (Å²) >= 11 is 0. The summed E-state index contributed by atoms with van der Waals surface area (Å²) in [6, 6.07) is 13.4. The van der Waals surface area contributed by atoms with Gasteiger partial charge in [-0.25, -0.2) is 9.78 Å². The van der Waals surface area contributed by atoms with E-state index in [1.807, 2.05) is 53.2 Å². The van der Waals surface area contributed by atoms with Gasteiger partial charge in [-0.05, 0) is 19.1 Å². The molecule has 0 aliphatic carbocycles. The molecule has 3 aromatic rings. The predicted molar refractivity (Wildman–Crippen MR) is 76.6 cm³/mol. The van der Waals surface area contributed by atoms with Crippen molar-refractivity contribution >= 4 is 11.6 Å². The average molecular weight is 266 g/mol. The predicted octanol–water partition coefficient (Wildman–Crippen LogP) is 3.18. The normalized spacial score (nSPS) is 10.7. The fourth-order valence-corrected chi connectivity index (χ4v) is 2.13. The number of imidazole rings is 1. The zero-order valence-corrected chi connectivity index (χ0v) is 11.1. The second-order valence-electron chi connectivity index (χ2n) is 4.37. The highest BCUT2D eigenvalue weighted by Crippen LogP contribution is 2.20. The van der Waals surface area contributed by atoms with Gasteiger partial charge in [-0.1, -0.05) is 30.3 Å². The summed E-state index contributed by atoms with van der Waals surface area (Å²) in [5.41, 5.74) is 2.95. The Morgan fingerprint density at radius 3 is 2.75 bits per heavy atom. The average Bonchev–Trinajstić information content (AvgIpc) is 2.92. The van der Waals surface area contributed by atoms with E-state index in [1.54, 1.807) is 13.0 Å². The fraction of sp³-hybridized carbons (Fsp3) is 0.125. The topological polar surface area (TPSA) is 43.6 Å². The molecule has 0 aliphatic rings. The first kappa shape index (κ1) is 12.4. The Morgan fingerprint density at radius 1 is 1.20 bits per heavy atom. The van der Waals surface area contributed by atoms with Crippen LogP contribution in [-0.2, 0) is 4.74 Å². The van der Waals surface area contributed by atoms with Crippen LogP contribution in [0.15, 0.2) is 54.9 Å². The SMILES string of the molecule is CCOC(=O)c1cccn2cc(-c3ccccc3)nc12. The number of aromatic nitrogens is 2. The second kappa shape index (κ2) is 5.17. The summed E-state index contributed by atoms with van der Waals surface area (Å²) in [4.78, 5) is 16.5. The molecule has 0 radical (unpaired) electrons. The van der Waals surface area contributed by atoms with Crippen LogP contribution < -0.4 is 0 Å². The van der Waals surface area contributed by atoms with Crippen molar-refractivity contribution in [2.75, 3.05) is 6.61 Å². The molecule has 0 saturated carbocycles. The number of hydrogen-bond donors (Lipinski definition) is 0. The highest BCUT2D eigenvalue weighted by molar-refractivity contribution is 5.96. The minimum Gasteiger partial charge on any atom is -0.462 e. The number of benzene rings is 1. The molecule has 0 atom stereocenters. The molecule has 4 nitrogen and oxygen atoms in total. The zero-order chi connectivity index (χ0) is 13.9. The van der Waals surface area contributed by atoms with Crippen LogP contribution in [-0.4, -0.2) is 22.0 Å². The Hall–Kier alpha value is -2.62. The first-order valence-electron chi connectivity index (χ1n) is 6.50. The molecule has 0 bridgehead atoms. The van der Waals surface area contributed by atoms with E-state index in [1.165, 1.54) is 0 Å². The van der Waals surface area contributed by atoms with Gasteiger partial charge in [0.1, 0.15) is 5.56 Å². The Balaban J connectivity index is 2.12.